The molecule has 0 radical (unpaired) electrons. The Labute approximate surface area is 217 Å². The summed E-state index contributed by atoms with van der Waals surface area (Å²) in [5.74, 6) is 1.12. The van der Waals surface area contributed by atoms with Crippen molar-refractivity contribution in [1.29, 1.82) is 0 Å². The molecule has 0 spiro atoms. The van der Waals surface area contributed by atoms with E-state index in [1.807, 2.05) is 51.1 Å². The SMILES string of the molecule is Cc1cc(C)nc(N/C(=N/C(=S)Nc2cccc(C)c2Cl)N2CCN(Cc3ccccc3)CC2)n1. The van der Waals surface area contributed by atoms with Crippen LogP contribution in [0.5, 0.6) is 0 Å². The van der Waals surface area contributed by atoms with Gasteiger partial charge in [0.25, 0.3) is 0 Å². The van der Waals surface area contributed by atoms with Gasteiger partial charge in [-0.2, -0.15) is 4.99 Å². The lowest BCUT2D eigenvalue weighted by Gasteiger charge is -2.36. The molecule has 0 atom stereocenters. The Morgan fingerprint density at radius 3 is 2.31 bits per heavy atom. The summed E-state index contributed by atoms with van der Waals surface area (Å²) in [7, 11) is 0. The Bertz CT molecular complexity index is 1190. The van der Waals surface area contributed by atoms with E-state index in [1.165, 1.54) is 5.56 Å². The fourth-order valence-corrected chi connectivity index (χ4v) is 4.37. The molecule has 0 aliphatic carbocycles. The van der Waals surface area contributed by atoms with Crippen molar-refractivity contribution in [1.82, 2.24) is 19.8 Å². The lowest BCUT2D eigenvalue weighted by molar-refractivity contribution is 0.175. The average molecular weight is 508 g/mol. The summed E-state index contributed by atoms with van der Waals surface area (Å²) < 4.78 is 0. The Morgan fingerprint density at radius 2 is 1.63 bits per heavy atom. The predicted octanol–water partition coefficient (Wildman–Crippen LogP) is 5.04. The predicted molar refractivity (Wildman–Crippen MR) is 148 cm³/mol. The molecule has 1 saturated heterocycles. The molecule has 9 heteroatoms. The van der Waals surface area contributed by atoms with E-state index in [2.05, 4.69) is 54.7 Å². The summed E-state index contributed by atoms with van der Waals surface area (Å²) in [6, 6.07) is 18.3. The highest BCUT2D eigenvalue weighted by Crippen LogP contribution is 2.25. The van der Waals surface area contributed by atoms with Gasteiger partial charge >= 0.3 is 0 Å². The maximum absolute atomic E-state index is 6.45. The number of hydrogen-bond donors (Lipinski definition) is 2. The highest BCUT2D eigenvalue weighted by atomic mass is 35.5. The molecule has 2 heterocycles. The first-order valence-corrected chi connectivity index (χ1v) is 12.4. The van der Waals surface area contributed by atoms with Crippen molar-refractivity contribution in [3.05, 3.63) is 82.1 Å². The zero-order valence-electron chi connectivity index (χ0n) is 20.3. The minimum atomic E-state index is 0.316. The highest BCUT2D eigenvalue weighted by molar-refractivity contribution is 7.80. The van der Waals surface area contributed by atoms with Crippen LogP contribution in [0.3, 0.4) is 0 Å². The van der Waals surface area contributed by atoms with E-state index < -0.39 is 0 Å². The molecule has 3 aromatic rings. The van der Waals surface area contributed by atoms with Crippen molar-refractivity contribution in [2.24, 2.45) is 4.99 Å². The second kappa shape index (κ2) is 11.6. The molecule has 2 aromatic carbocycles. The minimum Gasteiger partial charge on any atom is -0.340 e. The number of rotatable bonds is 4. The molecule has 1 aromatic heterocycles. The van der Waals surface area contributed by atoms with E-state index in [1.54, 1.807) is 0 Å². The van der Waals surface area contributed by atoms with Crippen molar-refractivity contribution in [3.63, 3.8) is 0 Å². The van der Waals surface area contributed by atoms with E-state index in [0.29, 0.717) is 22.0 Å². The molecule has 35 heavy (non-hydrogen) atoms. The van der Waals surface area contributed by atoms with Crippen LogP contribution in [0.1, 0.15) is 22.5 Å². The van der Waals surface area contributed by atoms with Crippen LogP contribution in [0, 0.1) is 20.8 Å². The van der Waals surface area contributed by atoms with Gasteiger partial charge in [-0.1, -0.05) is 54.1 Å². The number of guanidine groups is 1. The zero-order chi connectivity index (χ0) is 24.8. The molecule has 0 amide bonds. The van der Waals surface area contributed by atoms with Crippen molar-refractivity contribution in [3.8, 4) is 0 Å². The molecule has 0 unspecified atom stereocenters. The lowest BCUT2D eigenvalue weighted by atomic mass is 10.2. The van der Waals surface area contributed by atoms with Crippen molar-refractivity contribution < 1.29 is 0 Å². The van der Waals surface area contributed by atoms with Gasteiger partial charge in [0.15, 0.2) is 0 Å². The fraction of sp³-hybridized carbons (Fsp3) is 0.308. The molecule has 1 aliphatic heterocycles. The van der Waals surface area contributed by atoms with Gasteiger partial charge in [0, 0.05) is 44.1 Å². The number of benzene rings is 2. The molecule has 182 valence electrons. The van der Waals surface area contributed by atoms with Crippen molar-refractivity contribution in [2.45, 2.75) is 27.3 Å². The number of anilines is 2. The molecular weight excluding hydrogens is 478 g/mol. The third kappa shape index (κ3) is 6.97. The van der Waals surface area contributed by atoms with Gasteiger partial charge in [-0.25, -0.2) is 9.97 Å². The summed E-state index contributed by atoms with van der Waals surface area (Å²) >= 11 is 12.0. The van der Waals surface area contributed by atoms with Crippen LogP contribution in [0.4, 0.5) is 11.6 Å². The number of halogens is 1. The molecule has 4 rings (SSSR count). The Balaban J connectivity index is 1.51. The van der Waals surface area contributed by atoms with Crippen molar-refractivity contribution >= 4 is 46.5 Å². The summed E-state index contributed by atoms with van der Waals surface area (Å²) in [4.78, 5) is 18.4. The Kier molecular flexibility index (Phi) is 8.28. The van der Waals surface area contributed by atoms with E-state index in [9.17, 15) is 0 Å². The molecule has 1 fully saturated rings. The summed E-state index contributed by atoms with van der Waals surface area (Å²) in [5.41, 5.74) is 4.80. The lowest BCUT2D eigenvalue weighted by Crippen LogP contribution is -2.50. The molecule has 1 aliphatic rings. The van der Waals surface area contributed by atoms with E-state index in [0.717, 1.165) is 55.4 Å². The number of hydrogen-bond acceptors (Lipinski definition) is 4. The third-order valence-electron chi connectivity index (χ3n) is 5.77. The van der Waals surface area contributed by atoms with Crippen LogP contribution in [0.2, 0.25) is 5.02 Å². The number of nitrogens with one attached hydrogen (secondary N) is 2. The second-order valence-electron chi connectivity index (χ2n) is 8.65. The summed E-state index contributed by atoms with van der Waals surface area (Å²) in [6.45, 7) is 10.2. The normalized spacial score (nSPS) is 14.6. The largest absolute Gasteiger partial charge is 0.340 e. The zero-order valence-corrected chi connectivity index (χ0v) is 21.8. The quantitative estimate of drug-likeness (QED) is 0.291. The van der Waals surface area contributed by atoms with Crippen LogP contribution in [-0.4, -0.2) is 57.0 Å². The number of aryl methyl sites for hydroxylation is 3. The molecule has 2 N–H and O–H groups in total. The van der Waals surface area contributed by atoms with E-state index in [-0.39, 0.29) is 0 Å². The van der Waals surface area contributed by atoms with Gasteiger partial charge in [-0.15, -0.1) is 0 Å². The number of thiocarbonyl (C=S) groups is 1. The summed E-state index contributed by atoms with van der Waals surface area (Å²) in [5, 5.41) is 7.42. The van der Waals surface area contributed by atoms with E-state index >= 15 is 0 Å². The first-order valence-electron chi connectivity index (χ1n) is 11.6. The standard InChI is InChI=1S/C26H30ClN7S/c1-18-8-7-11-22(23(18)27)30-26(35)32-25(31-24-28-19(2)16-20(3)29-24)34-14-12-33(13-15-34)17-21-9-5-4-6-10-21/h4-11,16H,12-15,17H2,1-3H3,(H2,28,29,30,31,32,35). The molecule has 0 saturated carbocycles. The molecule has 0 bridgehead atoms. The van der Waals surface area contributed by atoms with Crippen LogP contribution >= 0.6 is 23.8 Å². The number of nitrogens with zero attached hydrogens (tertiary/aromatic N) is 5. The van der Waals surface area contributed by atoms with Crippen LogP contribution in [-0.2, 0) is 6.54 Å². The van der Waals surface area contributed by atoms with Gasteiger partial charge in [0.05, 0.1) is 10.7 Å². The van der Waals surface area contributed by atoms with Crippen LogP contribution < -0.4 is 10.6 Å². The van der Waals surface area contributed by atoms with E-state index in [4.69, 9.17) is 28.8 Å². The van der Waals surface area contributed by atoms with Gasteiger partial charge in [0.1, 0.15) is 0 Å². The second-order valence-corrected chi connectivity index (χ2v) is 9.41. The summed E-state index contributed by atoms with van der Waals surface area (Å²) in [6.07, 6.45) is 0. The fourth-order valence-electron chi connectivity index (χ4n) is 4.00. The van der Waals surface area contributed by atoms with Crippen LogP contribution in [0.25, 0.3) is 0 Å². The first-order chi connectivity index (χ1) is 16.9. The van der Waals surface area contributed by atoms with Gasteiger partial charge < -0.3 is 10.2 Å². The molecular formula is C26H30ClN7S. The monoisotopic (exact) mass is 507 g/mol. The first kappa shape index (κ1) is 25.0. The number of piperazine rings is 1. The highest BCUT2D eigenvalue weighted by Gasteiger charge is 2.21. The van der Waals surface area contributed by atoms with Crippen LogP contribution in [0.15, 0.2) is 59.6 Å². The number of aliphatic imine (C=N–C) groups is 1. The third-order valence-corrected chi connectivity index (χ3v) is 6.46. The van der Waals surface area contributed by atoms with Gasteiger partial charge in [-0.3, -0.25) is 10.2 Å². The smallest absolute Gasteiger partial charge is 0.229 e. The Morgan fingerprint density at radius 1 is 0.943 bits per heavy atom. The maximum Gasteiger partial charge on any atom is 0.229 e. The average Bonchev–Trinajstić information content (AvgIpc) is 2.82. The van der Waals surface area contributed by atoms with Gasteiger partial charge in [-0.05, 0) is 56.2 Å². The Hall–Kier alpha value is -3.07. The topological polar surface area (TPSA) is 68.7 Å². The van der Waals surface area contributed by atoms with Crippen molar-refractivity contribution in [2.75, 3.05) is 36.8 Å². The minimum absolute atomic E-state index is 0.316. The number of aromatic nitrogens is 2. The maximum atomic E-state index is 6.45. The van der Waals surface area contributed by atoms with Gasteiger partial charge in [0.2, 0.25) is 17.0 Å². The molecule has 7 nitrogen and oxygen atoms in total.